The van der Waals surface area contributed by atoms with Gasteiger partial charge in [0, 0.05) is 12.7 Å². The van der Waals surface area contributed by atoms with Crippen molar-refractivity contribution >= 4 is 11.6 Å². The van der Waals surface area contributed by atoms with Crippen molar-refractivity contribution in [2.75, 3.05) is 20.3 Å². The molecule has 0 aromatic carbocycles. The molecule has 0 amide bonds. The summed E-state index contributed by atoms with van der Waals surface area (Å²) in [5, 5.41) is 8.46. The Kier molecular flexibility index (Phi) is 5.64. The standard InChI is InChI=1S/C14H20ClN3O2/c1-3-5-16-13(11-4-7-20-10-11)14-12(15)9-17-18(14)6-8-19-2/h4,7,9-10,13,16H,3,5-6,8H2,1-2H3. The quantitative estimate of drug-likeness (QED) is 0.814. The molecule has 5 nitrogen and oxygen atoms in total. The van der Waals surface area contributed by atoms with Gasteiger partial charge in [-0.15, -0.1) is 0 Å². The van der Waals surface area contributed by atoms with Crippen LogP contribution in [0.2, 0.25) is 5.02 Å². The fourth-order valence-corrected chi connectivity index (χ4v) is 2.37. The molecular weight excluding hydrogens is 278 g/mol. The summed E-state index contributed by atoms with van der Waals surface area (Å²) >= 11 is 6.32. The van der Waals surface area contributed by atoms with Gasteiger partial charge >= 0.3 is 0 Å². The van der Waals surface area contributed by atoms with Crippen molar-refractivity contribution < 1.29 is 9.15 Å². The van der Waals surface area contributed by atoms with E-state index in [0.717, 1.165) is 24.2 Å². The van der Waals surface area contributed by atoms with E-state index in [4.69, 9.17) is 20.8 Å². The van der Waals surface area contributed by atoms with E-state index in [1.54, 1.807) is 25.8 Å². The number of halogens is 1. The lowest BCUT2D eigenvalue weighted by molar-refractivity contribution is 0.182. The Morgan fingerprint density at radius 3 is 3.05 bits per heavy atom. The Morgan fingerprint density at radius 1 is 1.55 bits per heavy atom. The molecule has 1 N–H and O–H groups in total. The normalized spacial score (nSPS) is 12.8. The van der Waals surface area contributed by atoms with E-state index in [-0.39, 0.29) is 6.04 Å². The summed E-state index contributed by atoms with van der Waals surface area (Å²) in [6.45, 7) is 4.28. The summed E-state index contributed by atoms with van der Waals surface area (Å²) in [4.78, 5) is 0. The molecule has 1 unspecified atom stereocenters. The maximum absolute atomic E-state index is 6.32. The molecule has 0 saturated carbocycles. The first-order valence-electron chi connectivity index (χ1n) is 6.73. The van der Waals surface area contributed by atoms with E-state index in [0.29, 0.717) is 18.2 Å². The first-order chi connectivity index (χ1) is 9.77. The number of furan rings is 1. The van der Waals surface area contributed by atoms with Crippen LogP contribution in [0.1, 0.15) is 30.6 Å². The molecule has 0 aliphatic heterocycles. The minimum absolute atomic E-state index is 0.0273. The van der Waals surface area contributed by atoms with Crippen molar-refractivity contribution in [2.45, 2.75) is 25.9 Å². The maximum atomic E-state index is 6.32. The number of rotatable bonds is 8. The fourth-order valence-electron chi connectivity index (χ4n) is 2.12. The van der Waals surface area contributed by atoms with Gasteiger partial charge < -0.3 is 14.5 Å². The molecule has 1 atom stereocenters. The van der Waals surface area contributed by atoms with Crippen LogP contribution in [0.3, 0.4) is 0 Å². The van der Waals surface area contributed by atoms with Crippen molar-refractivity contribution in [2.24, 2.45) is 0 Å². The van der Waals surface area contributed by atoms with Gasteiger partial charge in [0.25, 0.3) is 0 Å². The summed E-state index contributed by atoms with van der Waals surface area (Å²) in [6.07, 6.45) is 6.11. The van der Waals surface area contributed by atoms with Crippen molar-refractivity contribution in [3.8, 4) is 0 Å². The highest BCUT2D eigenvalue weighted by Gasteiger charge is 2.22. The highest BCUT2D eigenvalue weighted by molar-refractivity contribution is 6.31. The predicted molar refractivity (Wildman–Crippen MR) is 78.0 cm³/mol. The average Bonchev–Trinajstić information content (AvgIpc) is 3.09. The Labute approximate surface area is 123 Å². The molecule has 2 aromatic rings. The third-order valence-electron chi connectivity index (χ3n) is 3.09. The molecule has 0 saturated heterocycles. The molecular formula is C14H20ClN3O2. The summed E-state index contributed by atoms with van der Waals surface area (Å²) in [5.41, 5.74) is 1.98. The summed E-state index contributed by atoms with van der Waals surface area (Å²) < 4.78 is 12.2. The zero-order valence-electron chi connectivity index (χ0n) is 11.8. The molecule has 0 spiro atoms. The van der Waals surface area contributed by atoms with E-state index < -0.39 is 0 Å². The third kappa shape index (κ3) is 3.42. The van der Waals surface area contributed by atoms with Crippen LogP contribution in [-0.4, -0.2) is 30.0 Å². The van der Waals surface area contributed by atoms with Gasteiger partial charge in [-0.05, 0) is 19.0 Å². The molecule has 0 fully saturated rings. The monoisotopic (exact) mass is 297 g/mol. The molecule has 0 aliphatic rings. The molecule has 0 bridgehead atoms. The van der Waals surface area contributed by atoms with Crippen LogP contribution in [0.4, 0.5) is 0 Å². The van der Waals surface area contributed by atoms with Crippen LogP contribution in [0, 0.1) is 0 Å². The van der Waals surface area contributed by atoms with Gasteiger partial charge in [-0.1, -0.05) is 18.5 Å². The Morgan fingerprint density at radius 2 is 2.40 bits per heavy atom. The van der Waals surface area contributed by atoms with Crippen LogP contribution in [0.25, 0.3) is 0 Å². The van der Waals surface area contributed by atoms with E-state index >= 15 is 0 Å². The van der Waals surface area contributed by atoms with E-state index in [9.17, 15) is 0 Å². The molecule has 2 aromatic heterocycles. The molecule has 0 aliphatic carbocycles. The Bertz CT molecular complexity index is 510. The van der Waals surface area contributed by atoms with Crippen molar-refractivity contribution in [1.82, 2.24) is 15.1 Å². The lowest BCUT2D eigenvalue weighted by Gasteiger charge is -2.19. The number of aromatic nitrogens is 2. The smallest absolute Gasteiger partial charge is 0.0954 e. The van der Waals surface area contributed by atoms with Crippen LogP contribution >= 0.6 is 11.6 Å². The first kappa shape index (κ1) is 15.1. The lowest BCUT2D eigenvalue weighted by Crippen LogP contribution is -2.26. The number of hydrogen-bond donors (Lipinski definition) is 1. The number of ether oxygens (including phenoxy) is 1. The second-order valence-electron chi connectivity index (χ2n) is 4.54. The predicted octanol–water partition coefficient (Wildman–Crippen LogP) is 2.86. The molecule has 2 rings (SSSR count). The summed E-state index contributed by atoms with van der Waals surface area (Å²) in [7, 11) is 1.67. The number of hydrogen-bond acceptors (Lipinski definition) is 4. The fraction of sp³-hybridized carbons (Fsp3) is 0.500. The maximum Gasteiger partial charge on any atom is 0.0954 e. The molecule has 6 heteroatoms. The van der Waals surface area contributed by atoms with Crippen LogP contribution in [-0.2, 0) is 11.3 Å². The zero-order valence-corrected chi connectivity index (χ0v) is 12.6. The molecule has 2 heterocycles. The van der Waals surface area contributed by atoms with E-state index in [1.807, 2.05) is 10.7 Å². The lowest BCUT2D eigenvalue weighted by atomic mass is 10.1. The Balaban J connectivity index is 2.30. The van der Waals surface area contributed by atoms with Gasteiger partial charge in [0.15, 0.2) is 0 Å². The first-order valence-corrected chi connectivity index (χ1v) is 7.11. The van der Waals surface area contributed by atoms with Crippen molar-refractivity contribution in [1.29, 1.82) is 0 Å². The summed E-state index contributed by atoms with van der Waals surface area (Å²) in [6, 6.07) is 1.91. The van der Waals surface area contributed by atoms with Gasteiger partial charge in [-0.25, -0.2) is 0 Å². The minimum Gasteiger partial charge on any atom is -0.472 e. The highest BCUT2D eigenvalue weighted by Crippen LogP contribution is 2.28. The van der Waals surface area contributed by atoms with Crippen LogP contribution in [0.15, 0.2) is 29.2 Å². The van der Waals surface area contributed by atoms with Gasteiger partial charge in [0.05, 0.1) is 48.6 Å². The van der Waals surface area contributed by atoms with E-state index in [2.05, 4.69) is 17.3 Å². The average molecular weight is 298 g/mol. The second kappa shape index (κ2) is 7.47. The van der Waals surface area contributed by atoms with Gasteiger partial charge in [-0.3, -0.25) is 4.68 Å². The van der Waals surface area contributed by atoms with Gasteiger partial charge in [0.2, 0.25) is 0 Å². The molecule has 0 radical (unpaired) electrons. The van der Waals surface area contributed by atoms with Crippen LogP contribution < -0.4 is 5.32 Å². The number of nitrogens with zero attached hydrogens (tertiary/aromatic N) is 2. The Hall–Kier alpha value is -1.30. The highest BCUT2D eigenvalue weighted by atomic mass is 35.5. The van der Waals surface area contributed by atoms with Gasteiger partial charge in [0.1, 0.15) is 0 Å². The molecule has 20 heavy (non-hydrogen) atoms. The van der Waals surface area contributed by atoms with Crippen molar-refractivity contribution in [3.05, 3.63) is 41.1 Å². The summed E-state index contributed by atoms with van der Waals surface area (Å²) in [5.74, 6) is 0. The van der Waals surface area contributed by atoms with Gasteiger partial charge in [-0.2, -0.15) is 5.10 Å². The SMILES string of the molecule is CCCNC(c1ccoc1)c1c(Cl)cnn1CCOC. The second-order valence-corrected chi connectivity index (χ2v) is 4.94. The minimum atomic E-state index is -0.0273. The van der Waals surface area contributed by atoms with Crippen molar-refractivity contribution in [3.63, 3.8) is 0 Å². The number of nitrogens with one attached hydrogen (secondary N) is 1. The number of methoxy groups -OCH3 is 1. The van der Waals surface area contributed by atoms with E-state index in [1.165, 1.54) is 0 Å². The van der Waals surface area contributed by atoms with Crippen LogP contribution in [0.5, 0.6) is 0 Å². The topological polar surface area (TPSA) is 52.2 Å². The zero-order chi connectivity index (χ0) is 14.4. The largest absolute Gasteiger partial charge is 0.472 e. The molecule has 110 valence electrons. The third-order valence-corrected chi connectivity index (χ3v) is 3.38.